The van der Waals surface area contributed by atoms with Crippen LogP contribution in [0.5, 0.6) is 0 Å². The van der Waals surface area contributed by atoms with Crippen molar-refractivity contribution in [2.75, 3.05) is 30.9 Å². The van der Waals surface area contributed by atoms with Crippen LogP contribution >= 0.6 is 0 Å². The molecule has 0 aliphatic carbocycles. The number of hydrogen-bond acceptors (Lipinski definition) is 6. The van der Waals surface area contributed by atoms with Crippen molar-refractivity contribution in [2.45, 2.75) is 19.8 Å². The number of hydrogen-bond donors (Lipinski definition) is 1. The minimum atomic E-state index is -3.61. The van der Waals surface area contributed by atoms with Crippen molar-refractivity contribution in [2.24, 2.45) is 0 Å². The fourth-order valence-corrected chi connectivity index (χ4v) is 3.72. The van der Waals surface area contributed by atoms with Gasteiger partial charge in [0.2, 0.25) is 10.0 Å². The predicted octanol–water partition coefficient (Wildman–Crippen LogP) is -0.706. The van der Waals surface area contributed by atoms with E-state index in [1.165, 1.54) is 0 Å². The molecule has 0 atom stereocenters. The number of carbonyl (C=O) groups is 1. The highest BCUT2D eigenvalue weighted by Gasteiger charge is 2.13. The Morgan fingerprint density at radius 2 is 1.78 bits per heavy atom. The monoisotopic (exact) mass is 301 g/mol. The lowest BCUT2D eigenvalue weighted by molar-refractivity contribution is -0.143. The van der Waals surface area contributed by atoms with Gasteiger partial charge in [0, 0.05) is 19.2 Å². The first-order valence-corrected chi connectivity index (χ1v) is 9.18. The second-order valence-corrected chi connectivity index (χ2v) is 7.94. The number of sulfonamides is 1. The Kier molecular flexibility index (Phi) is 7.41. The lowest BCUT2D eigenvalue weighted by Crippen LogP contribution is -2.30. The fraction of sp³-hybridized carbons (Fsp3) is 0.889. The topological polar surface area (TPSA) is 107 Å². The quantitative estimate of drug-likeness (QED) is 0.445. The Morgan fingerprint density at radius 1 is 1.17 bits per heavy atom. The molecule has 9 heteroatoms. The van der Waals surface area contributed by atoms with Crippen LogP contribution in [0.15, 0.2) is 0 Å². The molecule has 0 heterocycles. The van der Waals surface area contributed by atoms with Gasteiger partial charge in [-0.25, -0.2) is 21.6 Å². The van der Waals surface area contributed by atoms with Gasteiger partial charge in [-0.3, -0.25) is 4.79 Å². The van der Waals surface area contributed by atoms with Gasteiger partial charge >= 0.3 is 5.97 Å². The van der Waals surface area contributed by atoms with Crippen LogP contribution in [0, 0.1) is 0 Å². The molecule has 0 aromatic carbocycles. The summed E-state index contributed by atoms with van der Waals surface area (Å²) in [7, 11) is -6.91. The minimum Gasteiger partial charge on any atom is -0.466 e. The van der Waals surface area contributed by atoms with E-state index >= 15 is 0 Å². The smallest absolute Gasteiger partial charge is 0.305 e. The van der Waals surface area contributed by atoms with Gasteiger partial charge in [-0.1, -0.05) is 0 Å². The third-order valence-electron chi connectivity index (χ3n) is 1.91. The minimum absolute atomic E-state index is 0.0882. The molecule has 0 aromatic rings. The van der Waals surface area contributed by atoms with E-state index in [1.807, 2.05) is 0 Å². The lowest BCUT2D eigenvalue weighted by Gasteiger charge is -2.05. The standard InChI is InChI=1S/C9H19NO6S2/c1-3-16-9(11)5-4-6-10-18(14,15)8-7-17(2,12)13/h10H,3-8H2,1-2H3. The van der Waals surface area contributed by atoms with Crippen LogP contribution in [-0.4, -0.2) is 53.7 Å². The normalized spacial score (nSPS) is 12.3. The molecular weight excluding hydrogens is 282 g/mol. The predicted molar refractivity (Wildman–Crippen MR) is 67.4 cm³/mol. The zero-order valence-electron chi connectivity index (χ0n) is 10.5. The van der Waals surface area contributed by atoms with Crippen molar-refractivity contribution < 1.29 is 26.4 Å². The second kappa shape index (κ2) is 7.70. The Hall–Kier alpha value is -0.670. The van der Waals surface area contributed by atoms with Crippen LogP contribution in [0.1, 0.15) is 19.8 Å². The molecule has 0 saturated heterocycles. The maximum Gasteiger partial charge on any atom is 0.305 e. The third kappa shape index (κ3) is 10.5. The van der Waals surface area contributed by atoms with E-state index in [1.54, 1.807) is 6.92 Å². The van der Waals surface area contributed by atoms with Crippen LogP contribution in [0.25, 0.3) is 0 Å². The number of esters is 1. The molecule has 0 aromatic heterocycles. The highest BCUT2D eigenvalue weighted by Crippen LogP contribution is 1.94. The number of carbonyl (C=O) groups excluding carboxylic acids is 1. The van der Waals surface area contributed by atoms with Gasteiger partial charge in [0.05, 0.1) is 18.1 Å². The van der Waals surface area contributed by atoms with Gasteiger partial charge in [0.25, 0.3) is 0 Å². The largest absolute Gasteiger partial charge is 0.466 e. The highest BCUT2D eigenvalue weighted by atomic mass is 32.2. The van der Waals surface area contributed by atoms with E-state index in [-0.39, 0.29) is 18.9 Å². The van der Waals surface area contributed by atoms with Gasteiger partial charge < -0.3 is 4.74 Å². The maximum absolute atomic E-state index is 11.4. The number of rotatable bonds is 9. The van der Waals surface area contributed by atoms with Crippen molar-refractivity contribution in [1.82, 2.24) is 4.72 Å². The molecular formula is C9H19NO6S2. The summed E-state index contributed by atoms with van der Waals surface area (Å²) in [5.74, 6) is -1.27. The molecule has 0 spiro atoms. The van der Waals surface area contributed by atoms with Gasteiger partial charge in [-0.05, 0) is 13.3 Å². The first kappa shape index (κ1) is 17.3. The first-order chi connectivity index (χ1) is 8.16. The number of nitrogens with one attached hydrogen (secondary N) is 1. The molecule has 0 fully saturated rings. The molecule has 0 bridgehead atoms. The number of sulfone groups is 1. The molecule has 0 unspecified atom stereocenters. The summed E-state index contributed by atoms with van der Waals surface area (Å²) in [6.07, 6.45) is 1.42. The molecule has 1 N–H and O–H groups in total. The van der Waals surface area contributed by atoms with Gasteiger partial charge in [-0.2, -0.15) is 0 Å². The zero-order chi connectivity index (χ0) is 14.2. The summed E-state index contributed by atoms with van der Waals surface area (Å²) in [4.78, 5) is 10.9. The van der Waals surface area contributed by atoms with E-state index < -0.39 is 31.4 Å². The highest BCUT2D eigenvalue weighted by molar-refractivity contribution is 7.93. The summed E-state index contributed by atoms with van der Waals surface area (Å²) in [6, 6.07) is 0. The fourth-order valence-electron chi connectivity index (χ4n) is 1.03. The molecule has 0 rings (SSSR count). The van der Waals surface area contributed by atoms with Crippen LogP contribution < -0.4 is 4.72 Å². The Morgan fingerprint density at radius 3 is 2.28 bits per heavy atom. The Labute approximate surface area is 108 Å². The van der Waals surface area contributed by atoms with Crippen molar-refractivity contribution in [3.8, 4) is 0 Å². The van der Waals surface area contributed by atoms with Crippen LogP contribution in [0.2, 0.25) is 0 Å². The molecule has 0 radical (unpaired) electrons. The zero-order valence-corrected chi connectivity index (χ0v) is 12.1. The van der Waals surface area contributed by atoms with E-state index in [2.05, 4.69) is 9.46 Å². The lowest BCUT2D eigenvalue weighted by atomic mass is 10.3. The summed E-state index contributed by atoms with van der Waals surface area (Å²) >= 11 is 0. The van der Waals surface area contributed by atoms with Crippen molar-refractivity contribution >= 4 is 25.8 Å². The van der Waals surface area contributed by atoms with E-state index in [0.29, 0.717) is 13.0 Å². The van der Waals surface area contributed by atoms with Crippen LogP contribution in [-0.2, 0) is 29.4 Å². The molecule has 7 nitrogen and oxygen atoms in total. The van der Waals surface area contributed by atoms with Crippen LogP contribution in [0.4, 0.5) is 0 Å². The maximum atomic E-state index is 11.4. The van der Waals surface area contributed by atoms with Crippen molar-refractivity contribution in [1.29, 1.82) is 0 Å². The molecule has 108 valence electrons. The van der Waals surface area contributed by atoms with E-state index in [4.69, 9.17) is 0 Å². The van der Waals surface area contributed by atoms with Gasteiger partial charge in [0.15, 0.2) is 0 Å². The first-order valence-electron chi connectivity index (χ1n) is 5.47. The van der Waals surface area contributed by atoms with Crippen LogP contribution in [0.3, 0.4) is 0 Å². The van der Waals surface area contributed by atoms with E-state index in [9.17, 15) is 21.6 Å². The molecule has 0 amide bonds. The van der Waals surface area contributed by atoms with E-state index in [0.717, 1.165) is 6.26 Å². The Balaban J connectivity index is 3.88. The molecule has 0 saturated carbocycles. The summed E-state index contributed by atoms with van der Waals surface area (Å²) in [5.41, 5.74) is 0. The number of ether oxygens (including phenoxy) is 1. The summed E-state index contributed by atoms with van der Waals surface area (Å²) in [5, 5.41) is 0. The molecule has 0 aliphatic rings. The SMILES string of the molecule is CCOC(=O)CCCNS(=O)(=O)CCS(C)(=O)=O. The average Bonchev–Trinajstić information content (AvgIpc) is 2.22. The van der Waals surface area contributed by atoms with Gasteiger partial charge in [-0.15, -0.1) is 0 Å². The third-order valence-corrected chi connectivity index (χ3v) is 4.50. The Bertz CT molecular complexity index is 453. The summed E-state index contributed by atoms with van der Waals surface area (Å²) in [6.45, 7) is 2.07. The average molecular weight is 301 g/mol. The molecule has 18 heavy (non-hydrogen) atoms. The van der Waals surface area contributed by atoms with Crippen molar-refractivity contribution in [3.05, 3.63) is 0 Å². The van der Waals surface area contributed by atoms with Crippen molar-refractivity contribution in [3.63, 3.8) is 0 Å². The second-order valence-electron chi connectivity index (χ2n) is 3.75. The summed E-state index contributed by atoms with van der Waals surface area (Å²) < 4.78 is 51.2. The van der Waals surface area contributed by atoms with Gasteiger partial charge in [0.1, 0.15) is 9.84 Å². The molecule has 0 aliphatic heterocycles.